The van der Waals surface area contributed by atoms with Gasteiger partial charge < -0.3 is 0 Å². The van der Waals surface area contributed by atoms with E-state index in [4.69, 9.17) is 0 Å². The summed E-state index contributed by atoms with van der Waals surface area (Å²) < 4.78 is 22.4. The van der Waals surface area contributed by atoms with Gasteiger partial charge in [-0.3, -0.25) is 9.80 Å². The Kier molecular flexibility index (Phi) is 2.44. The lowest BCUT2D eigenvalue weighted by Crippen LogP contribution is -2.46. The molecule has 1 N–H and O–H groups in total. The summed E-state index contributed by atoms with van der Waals surface area (Å²) >= 11 is 0. The largest absolute Gasteiger partial charge is 0.277 e. The summed E-state index contributed by atoms with van der Waals surface area (Å²) in [5.74, 6) is -0.299. The molecule has 74 valence electrons. The Morgan fingerprint density at radius 2 is 2.00 bits per heavy atom. The minimum atomic E-state index is -3.26. The summed E-state index contributed by atoms with van der Waals surface area (Å²) in [6.07, 6.45) is 1.10. The number of sulfone groups is 1. The molecule has 0 aromatic heterocycles. The molecule has 1 heterocycles. The van der Waals surface area contributed by atoms with Crippen LogP contribution in [0, 0.1) is 0 Å². The van der Waals surface area contributed by atoms with E-state index >= 15 is 0 Å². The molecule has 0 spiro atoms. The predicted octanol–water partition coefficient (Wildman–Crippen LogP) is -0.718. The van der Waals surface area contributed by atoms with Crippen LogP contribution >= 0.6 is 0 Å². The number of carbonyl (C=O) groups is 1. The third kappa shape index (κ3) is 1.89. The zero-order chi connectivity index (χ0) is 10.2. The van der Waals surface area contributed by atoms with E-state index in [1.165, 1.54) is 11.9 Å². The van der Waals surface area contributed by atoms with Crippen molar-refractivity contribution in [2.75, 3.05) is 19.8 Å². The fourth-order valence-electron chi connectivity index (χ4n) is 1.17. The lowest BCUT2D eigenvalue weighted by atomic mass is 10.2. The first-order valence-electron chi connectivity index (χ1n) is 3.75. The van der Waals surface area contributed by atoms with Gasteiger partial charge in [0, 0.05) is 18.9 Å². The standard InChI is InChI=1S/C7H12N2O3S/c1-5-6(13(3,11)12)4-8-9(2)7(5)10/h8H,4H2,1-3H3. The summed E-state index contributed by atoms with van der Waals surface area (Å²) in [7, 11) is -1.70. The van der Waals surface area contributed by atoms with Gasteiger partial charge >= 0.3 is 0 Å². The van der Waals surface area contributed by atoms with E-state index in [-0.39, 0.29) is 17.4 Å². The molecule has 0 unspecified atom stereocenters. The van der Waals surface area contributed by atoms with Gasteiger partial charge in [0.2, 0.25) is 0 Å². The fourth-order valence-corrected chi connectivity index (χ4v) is 2.15. The van der Waals surface area contributed by atoms with Crippen LogP contribution in [0.1, 0.15) is 6.92 Å². The summed E-state index contributed by atoms with van der Waals surface area (Å²) in [4.78, 5) is 11.5. The van der Waals surface area contributed by atoms with Gasteiger partial charge in [-0.05, 0) is 6.92 Å². The molecule has 0 aromatic carbocycles. The molecule has 1 aliphatic rings. The van der Waals surface area contributed by atoms with Crippen LogP contribution in [0.4, 0.5) is 0 Å². The lowest BCUT2D eigenvalue weighted by molar-refractivity contribution is -0.129. The maximum atomic E-state index is 11.3. The minimum Gasteiger partial charge on any atom is -0.277 e. The van der Waals surface area contributed by atoms with Crippen LogP contribution < -0.4 is 5.43 Å². The molecule has 0 aliphatic carbocycles. The van der Waals surface area contributed by atoms with Crippen LogP contribution in [-0.4, -0.2) is 39.2 Å². The number of amides is 1. The van der Waals surface area contributed by atoms with Crippen molar-refractivity contribution in [1.82, 2.24) is 10.4 Å². The highest BCUT2D eigenvalue weighted by Crippen LogP contribution is 2.15. The second kappa shape index (κ2) is 3.12. The van der Waals surface area contributed by atoms with Gasteiger partial charge in [0.1, 0.15) is 0 Å². The number of hydrogen-bond acceptors (Lipinski definition) is 4. The molecule has 0 aromatic rings. The molecule has 1 amide bonds. The first-order valence-corrected chi connectivity index (χ1v) is 5.64. The Hall–Kier alpha value is -0.880. The van der Waals surface area contributed by atoms with Crippen LogP contribution in [-0.2, 0) is 14.6 Å². The summed E-state index contributed by atoms with van der Waals surface area (Å²) in [5, 5.41) is 1.28. The summed E-state index contributed by atoms with van der Waals surface area (Å²) in [6.45, 7) is 1.71. The molecule has 0 radical (unpaired) electrons. The number of hydrazine groups is 1. The van der Waals surface area contributed by atoms with Gasteiger partial charge in [-0.2, -0.15) is 0 Å². The Bertz CT molecular complexity index is 369. The molecule has 13 heavy (non-hydrogen) atoms. The molecule has 0 atom stereocenters. The number of nitrogens with one attached hydrogen (secondary N) is 1. The Morgan fingerprint density at radius 3 is 2.46 bits per heavy atom. The summed E-state index contributed by atoms with van der Waals surface area (Å²) in [5.41, 5.74) is 2.96. The third-order valence-electron chi connectivity index (χ3n) is 1.97. The lowest BCUT2D eigenvalue weighted by Gasteiger charge is -2.25. The van der Waals surface area contributed by atoms with E-state index in [0.717, 1.165) is 6.26 Å². The minimum absolute atomic E-state index is 0.176. The first kappa shape index (κ1) is 10.2. The molecule has 0 saturated carbocycles. The fraction of sp³-hybridized carbons (Fsp3) is 0.571. The number of carbonyl (C=O) groups excluding carboxylic acids is 1. The van der Waals surface area contributed by atoms with Gasteiger partial charge in [-0.25, -0.2) is 13.8 Å². The van der Waals surface area contributed by atoms with Crippen molar-refractivity contribution in [2.24, 2.45) is 0 Å². The van der Waals surface area contributed by atoms with Crippen LogP contribution in [0.25, 0.3) is 0 Å². The second-order valence-electron chi connectivity index (χ2n) is 3.02. The monoisotopic (exact) mass is 204 g/mol. The van der Waals surface area contributed by atoms with E-state index in [9.17, 15) is 13.2 Å². The average molecular weight is 204 g/mol. The normalized spacial score (nSPS) is 19.6. The van der Waals surface area contributed by atoms with Crippen LogP contribution in [0.3, 0.4) is 0 Å². The maximum Gasteiger partial charge on any atom is 0.264 e. The quantitative estimate of drug-likeness (QED) is 0.612. The number of rotatable bonds is 1. The predicted molar refractivity (Wildman–Crippen MR) is 48.3 cm³/mol. The molecule has 0 bridgehead atoms. The smallest absolute Gasteiger partial charge is 0.264 e. The second-order valence-corrected chi connectivity index (χ2v) is 5.06. The van der Waals surface area contributed by atoms with Crippen molar-refractivity contribution < 1.29 is 13.2 Å². The molecule has 1 aliphatic heterocycles. The van der Waals surface area contributed by atoms with E-state index < -0.39 is 9.84 Å². The molecular formula is C7H12N2O3S. The van der Waals surface area contributed by atoms with Crippen molar-refractivity contribution >= 4 is 15.7 Å². The van der Waals surface area contributed by atoms with Gasteiger partial charge in [-0.15, -0.1) is 0 Å². The molecule has 6 heteroatoms. The van der Waals surface area contributed by atoms with Crippen LogP contribution in [0.15, 0.2) is 10.5 Å². The molecule has 1 rings (SSSR count). The third-order valence-corrected chi connectivity index (χ3v) is 3.31. The Morgan fingerprint density at radius 1 is 1.46 bits per heavy atom. The Balaban J connectivity index is 3.20. The average Bonchev–Trinajstić information content (AvgIpc) is 1.98. The zero-order valence-electron chi connectivity index (χ0n) is 7.79. The van der Waals surface area contributed by atoms with Crippen molar-refractivity contribution in [3.05, 3.63) is 10.5 Å². The highest BCUT2D eigenvalue weighted by Gasteiger charge is 2.26. The number of nitrogens with zero attached hydrogens (tertiary/aromatic N) is 1. The van der Waals surface area contributed by atoms with Gasteiger partial charge in [0.05, 0.1) is 11.4 Å². The van der Waals surface area contributed by atoms with Gasteiger partial charge in [0.15, 0.2) is 9.84 Å². The van der Waals surface area contributed by atoms with E-state index in [0.29, 0.717) is 5.57 Å². The molecule has 0 fully saturated rings. The summed E-state index contributed by atoms with van der Waals surface area (Å²) in [6, 6.07) is 0. The van der Waals surface area contributed by atoms with E-state index in [1.807, 2.05) is 0 Å². The molecule has 5 nitrogen and oxygen atoms in total. The Labute approximate surface area is 77.3 Å². The first-order chi connectivity index (χ1) is 5.84. The highest BCUT2D eigenvalue weighted by atomic mass is 32.2. The zero-order valence-corrected chi connectivity index (χ0v) is 8.60. The maximum absolute atomic E-state index is 11.3. The highest BCUT2D eigenvalue weighted by molar-refractivity contribution is 7.94. The SMILES string of the molecule is CC1=C(S(C)(=O)=O)CNN(C)C1=O. The van der Waals surface area contributed by atoms with Crippen molar-refractivity contribution in [1.29, 1.82) is 0 Å². The number of hydrogen-bond donors (Lipinski definition) is 1. The number of likely N-dealkylation sites (N-methyl/N-ethyl adjacent to an activating group) is 1. The molecule has 0 saturated heterocycles. The van der Waals surface area contributed by atoms with Gasteiger partial charge in [-0.1, -0.05) is 0 Å². The van der Waals surface area contributed by atoms with E-state index in [2.05, 4.69) is 5.43 Å². The topological polar surface area (TPSA) is 66.5 Å². The van der Waals surface area contributed by atoms with E-state index in [1.54, 1.807) is 7.05 Å². The van der Waals surface area contributed by atoms with Crippen LogP contribution in [0.5, 0.6) is 0 Å². The van der Waals surface area contributed by atoms with Crippen molar-refractivity contribution in [3.8, 4) is 0 Å². The van der Waals surface area contributed by atoms with Crippen molar-refractivity contribution in [2.45, 2.75) is 6.92 Å². The van der Waals surface area contributed by atoms with Crippen LogP contribution in [0.2, 0.25) is 0 Å². The molecular weight excluding hydrogens is 192 g/mol. The van der Waals surface area contributed by atoms with Gasteiger partial charge in [0.25, 0.3) is 5.91 Å². The van der Waals surface area contributed by atoms with Crippen molar-refractivity contribution in [3.63, 3.8) is 0 Å².